The summed E-state index contributed by atoms with van der Waals surface area (Å²) in [7, 11) is 1.54. The number of benzene rings is 2. The number of halogens is 1. The fourth-order valence-corrected chi connectivity index (χ4v) is 2.69. The largest absolute Gasteiger partial charge is 0.497 e. The summed E-state index contributed by atoms with van der Waals surface area (Å²) in [4.78, 5) is 1.20. The van der Waals surface area contributed by atoms with Gasteiger partial charge < -0.3 is 10.1 Å². The lowest BCUT2D eigenvalue weighted by molar-refractivity contribution is 0.410. The predicted molar refractivity (Wildman–Crippen MR) is 86.7 cm³/mol. The number of nitrogens with one attached hydrogen (secondary N) is 1. The van der Waals surface area contributed by atoms with E-state index in [0.29, 0.717) is 11.3 Å². The van der Waals surface area contributed by atoms with Crippen LogP contribution in [0.3, 0.4) is 0 Å². The zero-order chi connectivity index (χ0) is 15.2. The molecule has 1 atom stereocenters. The van der Waals surface area contributed by atoms with Crippen LogP contribution in [-0.4, -0.2) is 19.9 Å². The number of methoxy groups -OCH3 is 1. The van der Waals surface area contributed by atoms with E-state index >= 15 is 0 Å². The lowest BCUT2D eigenvalue weighted by Crippen LogP contribution is -2.23. The van der Waals surface area contributed by atoms with Crippen molar-refractivity contribution in [2.24, 2.45) is 0 Å². The monoisotopic (exact) mass is 305 g/mol. The molecule has 2 nitrogen and oxygen atoms in total. The normalized spacial score (nSPS) is 12.2. The predicted octanol–water partition coefficient (Wildman–Crippen LogP) is 4.26. The molecule has 112 valence electrons. The highest BCUT2D eigenvalue weighted by molar-refractivity contribution is 7.98. The van der Waals surface area contributed by atoms with Gasteiger partial charge in [0.2, 0.25) is 0 Å². The van der Waals surface area contributed by atoms with Gasteiger partial charge in [0.05, 0.1) is 13.2 Å². The van der Waals surface area contributed by atoms with E-state index in [2.05, 4.69) is 17.4 Å². The zero-order valence-corrected chi connectivity index (χ0v) is 13.3. The van der Waals surface area contributed by atoms with Gasteiger partial charge in [0, 0.05) is 16.5 Å². The highest BCUT2D eigenvalue weighted by Gasteiger charge is 2.17. The van der Waals surface area contributed by atoms with Crippen LogP contribution in [0.15, 0.2) is 47.4 Å². The third kappa shape index (κ3) is 3.77. The van der Waals surface area contributed by atoms with Crippen LogP contribution in [-0.2, 0) is 0 Å². The molecule has 0 spiro atoms. The second-order valence-electron chi connectivity index (χ2n) is 4.65. The van der Waals surface area contributed by atoms with Crippen LogP contribution in [0.1, 0.15) is 24.1 Å². The fraction of sp³-hybridized carbons (Fsp3) is 0.294. The molecule has 0 aliphatic carbocycles. The summed E-state index contributed by atoms with van der Waals surface area (Å²) >= 11 is 1.70. The van der Waals surface area contributed by atoms with Crippen molar-refractivity contribution in [3.8, 4) is 5.75 Å². The molecule has 0 amide bonds. The maximum Gasteiger partial charge on any atom is 0.132 e. The molecular formula is C17H20FNOS. The third-order valence-electron chi connectivity index (χ3n) is 3.38. The standard InChI is InChI=1S/C17H20FNOS/c1-4-19-17(12-5-8-14(21-3)9-6-12)15-10-7-13(20-2)11-16(15)18/h5-11,17,19H,4H2,1-3H3. The zero-order valence-electron chi connectivity index (χ0n) is 12.5. The number of thioether (sulfide) groups is 1. The van der Waals surface area contributed by atoms with Gasteiger partial charge in [0.1, 0.15) is 11.6 Å². The molecule has 4 heteroatoms. The summed E-state index contributed by atoms with van der Waals surface area (Å²) in [6.07, 6.45) is 2.04. The van der Waals surface area contributed by atoms with Crippen molar-refractivity contribution >= 4 is 11.8 Å². The summed E-state index contributed by atoms with van der Waals surface area (Å²) in [5.41, 5.74) is 1.69. The average Bonchev–Trinajstić information content (AvgIpc) is 2.53. The van der Waals surface area contributed by atoms with Gasteiger partial charge in [-0.3, -0.25) is 0 Å². The first-order valence-electron chi connectivity index (χ1n) is 6.90. The van der Waals surface area contributed by atoms with Crippen molar-refractivity contribution in [2.75, 3.05) is 19.9 Å². The second kappa shape index (κ2) is 7.48. The Hall–Kier alpha value is -1.52. The third-order valence-corrected chi connectivity index (χ3v) is 4.12. The highest BCUT2D eigenvalue weighted by atomic mass is 32.2. The van der Waals surface area contributed by atoms with Crippen LogP contribution in [0, 0.1) is 5.82 Å². The van der Waals surface area contributed by atoms with Gasteiger partial charge >= 0.3 is 0 Å². The van der Waals surface area contributed by atoms with E-state index in [0.717, 1.165) is 12.1 Å². The molecule has 2 aromatic carbocycles. The van der Waals surface area contributed by atoms with Crippen molar-refractivity contribution in [1.29, 1.82) is 0 Å². The van der Waals surface area contributed by atoms with Crippen molar-refractivity contribution in [3.05, 3.63) is 59.4 Å². The summed E-state index contributed by atoms with van der Waals surface area (Å²) < 4.78 is 19.4. The molecule has 2 rings (SSSR count). The minimum atomic E-state index is -0.255. The van der Waals surface area contributed by atoms with Crippen molar-refractivity contribution in [3.63, 3.8) is 0 Å². The number of ether oxygens (including phenoxy) is 1. The first kappa shape index (κ1) is 15.9. The molecule has 0 bridgehead atoms. The molecule has 1 unspecified atom stereocenters. The number of hydrogen-bond acceptors (Lipinski definition) is 3. The van der Waals surface area contributed by atoms with Crippen LogP contribution in [0.4, 0.5) is 4.39 Å². The molecule has 0 aliphatic rings. The Morgan fingerprint density at radius 2 is 1.90 bits per heavy atom. The van der Waals surface area contributed by atoms with Crippen LogP contribution >= 0.6 is 11.8 Å². The average molecular weight is 305 g/mol. The lowest BCUT2D eigenvalue weighted by Gasteiger charge is -2.20. The van der Waals surface area contributed by atoms with Gasteiger partial charge in [-0.05, 0) is 36.6 Å². The first-order chi connectivity index (χ1) is 10.2. The Morgan fingerprint density at radius 3 is 2.43 bits per heavy atom. The van der Waals surface area contributed by atoms with E-state index in [1.54, 1.807) is 23.9 Å². The topological polar surface area (TPSA) is 21.3 Å². The molecule has 2 aromatic rings. The molecule has 0 aliphatic heterocycles. The Bertz CT molecular complexity index is 586. The van der Waals surface area contributed by atoms with Crippen LogP contribution < -0.4 is 10.1 Å². The van der Waals surface area contributed by atoms with E-state index < -0.39 is 0 Å². The van der Waals surface area contributed by atoms with Gasteiger partial charge in [-0.25, -0.2) is 4.39 Å². The summed E-state index contributed by atoms with van der Waals surface area (Å²) in [6, 6.07) is 13.1. The molecular weight excluding hydrogens is 285 g/mol. The molecule has 21 heavy (non-hydrogen) atoms. The molecule has 0 fully saturated rings. The first-order valence-corrected chi connectivity index (χ1v) is 8.12. The Kier molecular flexibility index (Phi) is 5.65. The minimum absolute atomic E-state index is 0.156. The summed E-state index contributed by atoms with van der Waals surface area (Å²) in [5, 5.41) is 3.34. The molecule has 0 aromatic heterocycles. The quantitative estimate of drug-likeness (QED) is 0.806. The lowest BCUT2D eigenvalue weighted by atomic mass is 9.98. The highest BCUT2D eigenvalue weighted by Crippen LogP contribution is 2.28. The van der Waals surface area contributed by atoms with E-state index in [1.165, 1.54) is 18.1 Å². The van der Waals surface area contributed by atoms with Crippen LogP contribution in [0.25, 0.3) is 0 Å². The SMILES string of the molecule is CCNC(c1ccc(SC)cc1)c1ccc(OC)cc1F. The molecule has 1 N–H and O–H groups in total. The van der Waals surface area contributed by atoms with Gasteiger partial charge in [0.15, 0.2) is 0 Å². The molecule has 0 saturated heterocycles. The molecule has 0 heterocycles. The second-order valence-corrected chi connectivity index (χ2v) is 5.53. The van der Waals surface area contributed by atoms with Gasteiger partial charge in [0.25, 0.3) is 0 Å². The van der Waals surface area contributed by atoms with Crippen LogP contribution in [0.5, 0.6) is 5.75 Å². The van der Waals surface area contributed by atoms with E-state index in [4.69, 9.17) is 4.74 Å². The van der Waals surface area contributed by atoms with Crippen molar-refractivity contribution in [1.82, 2.24) is 5.32 Å². The van der Waals surface area contributed by atoms with Crippen molar-refractivity contribution < 1.29 is 9.13 Å². The fourth-order valence-electron chi connectivity index (χ4n) is 2.28. The van der Waals surface area contributed by atoms with Gasteiger partial charge in [-0.1, -0.05) is 25.1 Å². The van der Waals surface area contributed by atoms with Crippen LogP contribution in [0.2, 0.25) is 0 Å². The maximum atomic E-state index is 14.3. The summed E-state index contributed by atoms with van der Waals surface area (Å²) in [5.74, 6) is 0.276. The van der Waals surface area contributed by atoms with Gasteiger partial charge in [-0.15, -0.1) is 11.8 Å². The van der Waals surface area contributed by atoms with Crippen molar-refractivity contribution in [2.45, 2.75) is 17.9 Å². The Balaban J connectivity index is 2.37. The number of rotatable bonds is 6. The smallest absolute Gasteiger partial charge is 0.132 e. The van der Waals surface area contributed by atoms with E-state index in [9.17, 15) is 4.39 Å². The van der Waals surface area contributed by atoms with E-state index in [-0.39, 0.29) is 11.9 Å². The minimum Gasteiger partial charge on any atom is -0.497 e. The maximum absolute atomic E-state index is 14.3. The summed E-state index contributed by atoms with van der Waals surface area (Å²) in [6.45, 7) is 2.78. The Labute approximate surface area is 129 Å². The van der Waals surface area contributed by atoms with E-state index in [1.807, 2.05) is 25.3 Å². The molecule has 0 radical (unpaired) electrons. The Morgan fingerprint density at radius 1 is 1.19 bits per heavy atom. The number of hydrogen-bond donors (Lipinski definition) is 1. The molecule has 0 saturated carbocycles. The van der Waals surface area contributed by atoms with Gasteiger partial charge in [-0.2, -0.15) is 0 Å².